The van der Waals surface area contributed by atoms with Crippen LogP contribution >= 0.6 is 0 Å². The van der Waals surface area contributed by atoms with Crippen molar-refractivity contribution < 1.29 is 4.79 Å². The molecule has 1 aromatic carbocycles. The number of H-pyrrole nitrogens is 1. The molecule has 4 nitrogen and oxygen atoms in total. The largest absolute Gasteiger partial charge is 0.357 e. The zero-order valence-electron chi connectivity index (χ0n) is 9.73. The predicted octanol–water partition coefficient (Wildman–Crippen LogP) is 1.58. The highest BCUT2D eigenvalue weighted by molar-refractivity contribution is 6.02. The fourth-order valence-electron chi connectivity index (χ4n) is 1.50. The number of rotatable bonds is 2. The molecule has 0 unspecified atom stereocenters. The summed E-state index contributed by atoms with van der Waals surface area (Å²) in [4.78, 5) is 14.7. The van der Waals surface area contributed by atoms with Gasteiger partial charge in [0.1, 0.15) is 5.69 Å². The number of benzene rings is 1. The monoisotopic (exact) mass is 239 g/mol. The van der Waals surface area contributed by atoms with Crippen molar-refractivity contribution in [3.63, 3.8) is 0 Å². The van der Waals surface area contributed by atoms with Crippen LogP contribution in [0.25, 0.3) is 0 Å². The molecule has 0 aliphatic rings. The normalized spacial score (nSPS) is 9.39. The maximum absolute atomic E-state index is 11.8. The third kappa shape index (κ3) is 3.00. The second-order valence-electron chi connectivity index (χ2n) is 3.62. The Labute approximate surface area is 105 Å². The van der Waals surface area contributed by atoms with Crippen molar-refractivity contribution in [2.24, 2.45) is 5.73 Å². The minimum absolute atomic E-state index is 0.177. The molecule has 90 valence electrons. The van der Waals surface area contributed by atoms with Gasteiger partial charge in [0, 0.05) is 17.4 Å². The third-order valence-corrected chi connectivity index (χ3v) is 2.30. The van der Waals surface area contributed by atoms with E-state index in [9.17, 15) is 4.79 Å². The first-order valence-electron chi connectivity index (χ1n) is 5.53. The number of hydrogen-bond acceptors (Lipinski definition) is 2. The Kier molecular flexibility index (Phi) is 3.79. The number of nitrogens with two attached hydrogens (primary N) is 1. The lowest BCUT2D eigenvalue weighted by Crippen LogP contribution is -2.12. The maximum Gasteiger partial charge on any atom is 0.272 e. The zero-order valence-corrected chi connectivity index (χ0v) is 9.73. The average molecular weight is 239 g/mol. The molecule has 0 atom stereocenters. The predicted molar refractivity (Wildman–Crippen MR) is 71.1 cm³/mol. The summed E-state index contributed by atoms with van der Waals surface area (Å²) in [5, 5.41) is 2.79. The van der Waals surface area contributed by atoms with Gasteiger partial charge in [0.25, 0.3) is 5.91 Å². The van der Waals surface area contributed by atoms with Crippen molar-refractivity contribution in [3.8, 4) is 11.8 Å². The maximum atomic E-state index is 11.8. The standard InChI is InChI=1S/C14H13N3O/c15-8-2-5-11-4-1-6-12(10-11)17-14(18)13-7-3-9-16-13/h1,3-4,6-7,9-10,16H,8,15H2,(H,17,18). The van der Waals surface area contributed by atoms with Crippen LogP contribution in [-0.4, -0.2) is 17.4 Å². The summed E-state index contributed by atoms with van der Waals surface area (Å²) in [6.07, 6.45) is 1.71. The minimum atomic E-state index is -0.177. The fourth-order valence-corrected chi connectivity index (χ4v) is 1.50. The van der Waals surface area contributed by atoms with Crippen molar-refractivity contribution in [1.29, 1.82) is 0 Å². The van der Waals surface area contributed by atoms with Gasteiger partial charge in [-0.3, -0.25) is 4.79 Å². The summed E-state index contributed by atoms with van der Waals surface area (Å²) in [6, 6.07) is 10.8. The highest BCUT2D eigenvalue weighted by atomic mass is 16.1. The number of nitrogens with one attached hydrogen (secondary N) is 2. The van der Waals surface area contributed by atoms with Gasteiger partial charge in [-0.15, -0.1) is 0 Å². The Balaban J connectivity index is 2.12. The molecule has 18 heavy (non-hydrogen) atoms. The van der Waals surface area contributed by atoms with E-state index in [1.807, 2.05) is 24.3 Å². The summed E-state index contributed by atoms with van der Waals surface area (Å²) in [5.41, 5.74) is 7.36. The molecule has 0 saturated heterocycles. The quantitative estimate of drug-likeness (QED) is 0.696. The van der Waals surface area contributed by atoms with E-state index >= 15 is 0 Å². The third-order valence-electron chi connectivity index (χ3n) is 2.30. The Morgan fingerprint density at radius 3 is 2.94 bits per heavy atom. The Morgan fingerprint density at radius 2 is 2.22 bits per heavy atom. The summed E-state index contributed by atoms with van der Waals surface area (Å²) in [7, 11) is 0. The Morgan fingerprint density at radius 1 is 1.33 bits per heavy atom. The number of amides is 1. The molecule has 0 aliphatic carbocycles. The van der Waals surface area contributed by atoms with Crippen LogP contribution in [0.4, 0.5) is 5.69 Å². The molecule has 0 aliphatic heterocycles. The van der Waals surface area contributed by atoms with Gasteiger partial charge in [0.05, 0.1) is 6.54 Å². The lowest BCUT2D eigenvalue weighted by Gasteiger charge is -2.03. The smallest absolute Gasteiger partial charge is 0.272 e. The van der Waals surface area contributed by atoms with Gasteiger partial charge in [-0.1, -0.05) is 17.9 Å². The van der Waals surface area contributed by atoms with Gasteiger partial charge in [0.2, 0.25) is 0 Å². The first-order chi connectivity index (χ1) is 8.79. The number of aromatic nitrogens is 1. The van der Waals surface area contributed by atoms with Crippen LogP contribution in [0, 0.1) is 11.8 Å². The lowest BCUT2D eigenvalue weighted by atomic mass is 10.2. The molecule has 0 radical (unpaired) electrons. The van der Waals surface area contributed by atoms with Crippen LogP contribution in [-0.2, 0) is 0 Å². The van der Waals surface area contributed by atoms with Crippen LogP contribution < -0.4 is 11.1 Å². The molecule has 1 heterocycles. The second-order valence-corrected chi connectivity index (χ2v) is 3.62. The van der Waals surface area contributed by atoms with Crippen molar-refractivity contribution in [2.45, 2.75) is 0 Å². The van der Waals surface area contributed by atoms with Crippen LogP contribution in [0.1, 0.15) is 16.1 Å². The molecule has 1 aromatic heterocycles. The fraction of sp³-hybridized carbons (Fsp3) is 0.0714. The van der Waals surface area contributed by atoms with E-state index in [1.54, 1.807) is 18.3 Å². The number of hydrogen-bond donors (Lipinski definition) is 3. The first kappa shape index (κ1) is 12.0. The van der Waals surface area contributed by atoms with Crippen LogP contribution in [0.5, 0.6) is 0 Å². The van der Waals surface area contributed by atoms with Crippen LogP contribution in [0.2, 0.25) is 0 Å². The van der Waals surface area contributed by atoms with Crippen LogP contribution in [0.3, 0.4) is 0 Å². The number of carbonyl (C=O) groups is 1. The Hall–Kier alpha value is -2.51. The minimum Gasteiger partial charge on any atom is -0.357 e. The molecule has 2 aromatic rings. The van der Waals surface area contributed by atoms with E-state index in [4.69, 9.17) is 5.73 Å². The van der Waals surface area contributed by atoms with E-state index < -0.39 is 0 Å². The van der Waals surface area contributed by atoms with Gasteiger partial charge in [-0.05, 0) is 30.3 Å². The van der Waals surface area contributed by atoms with Crippen molar-refractivity contribution in [1.82, 2.24) is 4.98 Å². The molecule has 0 saturated carbocycles. The summed E-state index contributed by atoms with van der Waals surface area (Å²) >= 11 is 0. The average Bonchev–Trinajstić information content (AvgIpc) is 2.91. The van der Waals surface area contributed by atoms with E-state index in [0.29, 0.717) is 17.9 Å². The summed E-state index contributed by atoms with van der Waals surface area (Å²) < 4.78 is 0. The van der Waals surface area contributed by atoms with Gasteiger partial charge < -0.3 is 16.0 Å². The highest BCUT2D eigenvalue weighted by Crippen LogP contribution is 2.11. The lowest BCUT2D eigenvalue weighted by molar-refractivity contribution is 0.102. The molecule has 4 N–H and O–H groups in total. The number of anilines is 1. The molecule has 4 heteroatoms. The van der Waals surface area contributed by atoms with Crippen molar-refractivity contribution >= 4 is 11.6 Å². The SMILES string of the molecule is NCC#Cc1cccc(NC(=O)c2ccc[nH]2)c1. The highest BCUT2D eigenvalue weighted by Gasteiger charge is 2.05. The molecule has 0 fully saturated rings. The molecular weight excluding hydrogens is 226 g/mol. The van der Waals surface area contributed by atoms with Gasteiger partial charge >= 0.3 is 0 Å². The molecule has 0 bridgehead atoms. The Bertz CT molecular complexity index is 591. The number of carbonyl (C=O) groups excluding carboxylic acids is 1. The van der Waals surface area contributed by atoms with E-state index in [2.05, 4.69) is 22.1 Å². The van der Waals surface area contributed by atoms with Gasteiger partial charge in [-0.2, -0.15) is 0 Å². The molecule has 1 amide bonds. The van der Waals surface area contributed by atoms with E-state index in [-0.39, 0.29) is 5.91 Å². The number of aromatic amines is 1. The van der Waals surface area contributed by atoms with E-state index in [1.165, 1.54) is 0 Å². The van der Waals surface area contributed by atoms with Gasteiger partial charge in [-0.25, -0.2) is 0 Å². The van der Waals surface area contributed by atoms with Crippen LogP contribution in [0.15, 0.2) is 42.6 Å². The van der Waals surface area contributed by atoms with Gasteiger partial charge in [0.15, 0.2) is 0 Å². The molecule has 0 spiro atoms. The summed E-state index contributed by atoms with van der Waals surface area (Å²) in [6.45, 7) is 0.319. The first-order valence-corrected chi connectivity index (χ1v) is 5.53. The zero-order chi connectivity index (χ0) is 12.8. The van der Waals surface area contributed by atoms with Crippen molar-refractivity contribution in [3.05, 3.63) is 53.9 Å². The van der Waals surface area contributed by atoms with Crippen molar-refractivity contribution in [2.75, 3.05) is 11.9 Å². The van der Waals surface area contributed by atoms with E-state index in [0.717, 1.165) is 5.56 Å². The second kappa shape index (κ2) is 5.71. The molecular formula is C14H13N3O. The molecule has 2 rings (SSSR count). The topological polar surface area (TPSA) is 70.9 Å². The summed E-state index contributed by atoms with van der Waals surface area (Å²) in [5.74, 6) is 5.51.